The molecule has 27 heavy (non-hydrogen) atoms. The van der Waals surface area contributed by atoms with E-state index in [1.165, 1.54) is 14.2 Å². The van der Waals surface area contributed by atoms with Crippen molar-refractivity contribution in [3.05, 3.63) is 64.4 Å². The molecule has 0 aliphatic carbocycles. The van der Waals surface area contributed by atoms with Gasteiger partial charge in [0.1, 0.15) is 0 Å². The van der Waals surface area contributed by atoms with Gasteiger partial charge in [0.15, 0.2) is 0 Å². The van der Waals surface area contributed by atoms with E-state index in [0.29, 0.717) is 11.1 Å². The average molecular weight is 695 g/mol. The highest BCUT2D eigenvalue weighted by molar-refractivity contribution is 9.11. The largest absolute Gasteiger partial charge is 0.465 e. The summed E-state index contributed by atoms with van der Waals surface area (Å²) in [6, 6.07) is 6.97. The molecule has 2 rings (SSSR count). The van der Waals surface area contributed by atoms with Crippen molar-refractivity contribution < 1.29 is 19.1 Å². The van der Waals surface area contributed by atoms with Crippen LogP contribution in [0.4, 0.5) is 0 Å². The normalized spacial score (nSPS) is 9.93. The van der Waals surface area contributed by atoms with Crippen LogP contribution in [0.25, 0.3) is 0 Å². The van der Waals surface area contributed by atoms with Crippen molar-refractivity contribution in [1.29, 1.82) is 0 Å². The maximum atomic E-state index is 11.2. The van der Waals surface area contributed by atoms with Crippen molar-refractivity contribution in [2.24, 2.45) is 0 Å². The zero-order chi connectivity index (χ0) is 20.7. The summed E-state index contributed by atoms with van der Waals surface area (Å²) in [7, 11) is 2.73. The Morgan fingerprint density at radius 1 is 0.778 bits per heavy atom. The monoisotopic (exact) mass is 690 g/mol. The number of carbonyl (C=O) groups is 2. The summed E-state index contributed by atoms with van der Waals surface area (Å²) >= 11 is 16.9. The zero-order valence-electron chi connectivity index (χ0n) is 14.5. The summed E-state index contributed by atoms with van der Waals surface area (Å²) in [5.41, 5.74) is 3.19. The van der Waals surface area contributed by atoms with Gasteiger partial charge in [-0.2, -0.15) is 0 Å². The van der Waals surface area contributed by atoms with Crippen LogP contribution < -0.4 is 0 Å². The third-order valence-corrected chi connectivity index (χ3v) is 7.02. The lowest BCUT2D eigenvalue weighted by molar-refractivity contribution is 0.0591. The summed E-state index contributed by atoms with van der Waals surface area (Å²) in [6.07, 6.45) is 0. The van der Waals surface area contributed by atoms with E-state index in [1.807, 2.05) is 6.92 Å². The fourth-order valence-corrected chi connectivity index (χ4v) is 5.86. The minimum atomic E-state index is -0.340. The number of esters is 2. The van der Waals surface area contributed by atoms with Crippen molar-refractivity contribution in [3.63, 3.8) is 0 Å². The Morgan fingerprint density at radius 2 is 1.11 bits per heavy atom. The van der Waals surface area contributed by atoms with Crippen molar-refractivity contribution in [1.82, 2.24) is 0 Å². The predicted octanol–water partition coefficient (Wildman–Crippen LogP) is 7.20. The molecule has 0 saturated carbocycles. The highest BCUT2D eigenvalue weighted by atomic mass is 79.9. The molecule has 0 aromatic heterocycles. The van der Waals surface area contributed by atoms with Gasteiger partial charge in [-0.15, -0.1) is 0 Å². The average Bonchev–Trinajstić information content (AvgIpc) is 2.64. The SMILES string of the molecule is COC(=O)c1cc(Br)c(C)c(Br)c1.COC(=O)c1cc(Br)c(CBr)c(Br)c1. The first-order valence-electron chi connectivity index (χ1n) is 7.32. The Balaban J connectivity index is 0.000000271. The van der Waals surface area contributed by atoms with E-state index in [0.717, 1.165) is 34.3 Å². The molecule has 9 heteroatoms. The second kappa shape index (κ2) is 11.7. The quantitative estimate of drug-likeness (QED) is 0.252. The summed E-state index contributed by atoms with van der Waals surface area (Å²) in [4.78, 5) is 22.4. The molecule has 0 radical (unpaired) electrons. The van der Waals surface area contributed by atoms with Crippen molar-refractivity contribution in [3.8, 4) is 0 Å². The Labute approximate surface area is 200 Å². The van der Waals surface area contributed by atoms with Gasteiger partial charge in [-0.05, 0) is 42.3 Å². The van der Waals surface area contributed by atoms with Crippen LogP contribution in [0.3, 0.4) is 0 Å². The van der Waals surface area contributed by atoms with Crippen molar-refractivity contribution in [2.45, 2.75) is 12.3 Å². The maximum absolute atomic E-state index is 11.2. The summed E-state index contributed by atoms with van der Waals surface area (Å²) in [5, 5.41) is 0.718. The molecule has 0 N–H and O–H groups in total. The molecule has 0 heterocycles. The molecule has 2 aromatic carbocycles. The second-order valence-electron chi connectivity index (χ2n) is 5.10. The topological polar surface area (TPSA) is 52.6 Å². The lowest BCUT2D eigenvalue weighted by Crippen LogP contribution is -2.02. The van der Waals surface area contributed by atoms with E-state index in [2.05, 4.69) is 89.1 Å². The molecule has 0 unspecified atom stereocenters. The van der Waals surface area contributed by atoms with Crippen molar-refractivity contribution >= 4 is 91.6 Å². The number of hydrogen-bond acceptors (Lipinski definition) is 4. The van der Waals surface area contributed by atoms with E-state index >= 15 is 0 Å². The molecular formula is C18H15Br5O4. The highest BCUT2D eigenvalue weighted by Crippen LogP contribution is 2.29. The first-order chi connectivity index (χ1) is 12.7. The molecule has 0 aliphatic rings. The first-order valence-corrected chi connectivity index (χ1v) is 11.6. The minimum Gasteiger partial charge on any atom is -0.465 e. The number of benzene rings is 2. The predicted molar refractivity (Wildman–Crippen MR) is 124 cm³/mol. The Morgan fingerprint density at radius 3 is 1.41 bits per heavy atom. The Kier molecular flexibility index (Phi) is 10.8. The molecule has 4 nitrogen and oxygen atoms in total. The summed E-state index contributed by atoms with van der Waals surface area (Å²) in [6.45, 7) is 1.95. The molecule has 0 fully saturated rings. The Bertz CT molecular complexity index is 806. The van der Waals surface area contributed by atoms with Gasteiger partial charge in [-0.3, -0.25) is 0 Å². The number of halogens is 5. The Hall–Kier alpha value is -0.220. The first kappa shape index (κ1) is 24.8. The molecule has 2 aromatic rings. The fraction of sp³-hybridized carbons (Fsp3) is 0.222. The number of ether oxygens (including phenoxy) is 2. The van der Waals surface area contributed by atoms with Gasteiger partial charge < -0.3 is 9.47 Å². The van der Waals surface area contributed by atoms with Crippen LogP contribution in [0, 0.1) is 6.92 Å². The third kappa shape index (κ3) is 6.96. The van der Waals surface area contributed by atoms with Crippen LogP contribution in [0.15, 0.2) is 42.2 Å². The van der Waals surface area contributed by atoms with Gasteiger partial charge in [0.05, 0.1) is 25.3 Å². The molecule has 0 bridgehead atoms. The van der Waals surface area contributed by atoms with Crippen molar-refractivity contribution in [2.75, 3.05) is 14.2 Å². The van der Waals surface area contributed by atoms with Crippen LogP contribution in [0.2, 0.25) is 0 Å². The molecule has 0 aliphatic heterocycles. The standard InChI is InChI=1S/C9H7Br3O2.C9H8Br2O2/c1-14-9(13)5-2-7(11)6(4-10)8(12)3-5;1-5-7(10)3-6(4-8(5)11)9(12)13-2/h2-3H,4H2,1H3;3-4H,1-2H3. The molecule has 0 saturated heterocycles. The molecule has 0 amide bonds. The number of methoxy groups -OCH3 is 2. The van der Waals surface area contributed by atoms with Crippen LogP contribution >= 0.6 is 79.6 Å². The maximum Gasteiger partial charge on any atom is 0.337 e. The number of rotatable bonds is 3. The van der Waals surface area contributed by atoms with Gasteiger partial charge in [0.25, 0.3) is 0 Å². The second-order valence-corrected chi connectivity index (χ2v) is 9.08. The number of alkyl halides is 1. The summed E-state index contributed by atoms with van der Waals surface area (Å²) in [5.74, 6) is -0.672. The van der Waals surface area contributed by atoms with E-state index in [-0.39, 0.29) is 11.9 Å². The number of carbonyl (C=O) groups excluding carboxylic acids is 2. The lowest BCUT2D eigenvalue weighted by atomic mass is 10.1. The smallest absolute Gasteiger partial charge is 0.337 e. The third-order valence-electron chi connectivity index (χ3n) is 3.40. The van der Waals surface area contributed by atoms with Crippen LogP contribution in [-0.2, 0) is 14.8 Å². The van der Waals surface area contributed by atoms with Crippen LogP contribution in [-0.4, -0.2) is 26.2 Å². The van der Waals surface area contributed by atoms with E-state index < -0.39 is 0 Å². The zero-order valence-corrected chi connectivity index (χ0v) is 22.5. The highest BCUT2D eigenvalue weighted by Gasteiger charge is 2.12. The molecule has 0 atom stereocenters. The molecule has 0 spiro atoms. The van der Waals surface area contributed by atoms with E-state index in [1.54, 1.807) is 24.3 Å². The lowest BCUT2D eigenvalue weighted by Gasteiger charge is -2.06. The fourth-order valence-electron chi connectivity index (χ4n) is 1.85. The van der Waals surface area contributed by atoms with E-state index in [9.17, 15) is 9.59 Å². The number of hydrogen-bond donors (Lipinski definition) is 0. The van der Waals surface area contributed by atoms with Gasteiger partial charge in [-0.1, -0.05) is 79.6 Å². The van der Waals surface area contributed by atoms with Crippen LogP contribution in [0.5, 0.6) is 0 Å². The van der Waals surface area contributed by atoms with Gasteiger partial charge in [0, 0.05) is 23.2 Å². The van der Waals surface area contributed by atoms with Gasteiger partial charge in [0.2, 0.25) is 0 Å². The minimum absolute atomic E-state index is 0.332. The summed E-state index contributed by atoms with van der Waals surface area (Å²) < 4.78 is 12.8. The van der Waals surface area contributed by atoms with E-state index in [4.69, 9.17) is 0 Å². The van der Waals surface area contributed by atoms with Gasteiger partial charge in [-0.25, -0.2) is 9.59 Å². The van der Waals surface area contributed by atoms with Gasteiger partial charge >= 0.3 is 11.9 Å². The van der Waals surface area contributed by atoms with Crippen LogP contribution in [0.1, 0.15) is 31.8 Å². The molecule has 146 valence electrons. The molecular weight excluding hydrogens is 680 g/mol.